The largest absolute Gasteiger partial charge is 0.486 e. The highest BCUT2D eigenvalue weighted by Gasteiger charge is 2.23. The predicted molar refractivity (Wildman–Crippen MR) is 101 cm³/mol. The van der Waals surface area contributed by atoms with E-state index in [1.54, 1.807) is 6.92 Å². The number of halogens is 2. The fourth-order valence-electron chi connectivity index (χ4n) is 3.20. The molecule has 2 aromatic rings. The Labute approximate surface area is 163 Å². The maximum atomic E-state index is 13.9. The lowest BCUT2D eigenvalue weighted by Crippen LogP contribution is -2.41. The van der Waals surface area contributed by atoms with E-state index in [0.29, 0.717) is 24.7 Å². The van der Waals surface area contributed by atoms with Crippen molar-refractivity contribution in [3.05, 3.63) is 59.2 Å². The highest BCUT2D eigenvalue weighted by Crippen LogP contribution is 2.34. The Morgan fingerprint density at radius 2 is 1.68 bits per heavy atom. The molecule has 3 rings (SSSR count). The molecule has 28 heavy (non-hydrogen) atoms. The van der Waals surface area contributed by atoms with Crippen molar-refractivity contribution in [2.24, 2.45) is 5.92 Å². The summed E-state index contributed by atoms with van der Waals surface area (Å²) in [5, 5.41) is 5.63. The lowest BCUT2D eigenvalue weighted by molar-refractivity contribution is 0.171. The Kier molecular flexibility index (Phi) is 6.02. The van der Waals surface area contributed by atoms with E-state index in [0.717, 1.165) is 11.6 Å². The third-order valence-electron chi connectivity index (χ3n) is 4.66. The fraction of sp³-hybridized carbons (Fsp3) is 0.381. The number of benzene rings is 2. The molecule has 0 aliphatic carbocycles. The number of ether oxygens (including phenoxy) is 2. The van der Waals surface area contributed by atoms with Crippen LogP contribution in [0.4, 0.5) is 13.6 Å². The SMILES string of the molecule is CC(C)[C@H](NC(=O)N[C@@H](C)c1ccc(F)cc1F)c1ccc2c(c1)OCCO2. The zero-order valence-corrected chi connectivity index (χ0v) is 16.1. The Hall–Kier alpha value is -2.83. The standard InChI is InChI=1S/C21H24F2N2O3/c1-12(2)20(14-4-7-18-19(10-14)28-9-8-27-18)25-21(26)24-13(3)16-6-5-15(22)11-17(16)23/h4-7,10-13,20H,8-9H2,1-3H3,(H2,24,25,26)/t13-,20-/m0/s1. The number of urea groups is 1. The summed E-state index contributed by atoms with van der Waals surface area (Å²) in [6.07, 6.45) is 0. The van der Waals surface area contributed by atoms with E-state index in [1.165, 1.54) is 12.1 Å². The summed E-state index contributed by atoms with van der Waals surface area (Å²) >= 11 is 0. The Balaban J connectivity index is 1.71. The quantitative estimate of drug-likeness (QED) is 0.791. The van der Waals surface area contributed by atoms with Crippen molar-refractivity contribution in [2.45, 2.75) is 32.9 Å². The van der Waals surface area contributed by atoms with Crippen LogP contribution in [-0.4, -0.2) is 19.2 Å². The van der Waals surface area contributed by atoms with E-state index in [2.05, 4.69) is 10.6 Å². The summed E-state index contributed by atoms with van der Waals surface area (Å²) in [6.45, 7) is 6.62. The highest BCUT2D eigenvalue weighted by molar-refractivity contribution is 5.75. The van der Waals surface area contributed by atoms with Crippen molar-refractivity contribution in [2.75, 3.05) is 13.2 Å². The highest BCUT2D eigenvalue weighted by atomic mass is 19.1. The number of fused-ring (bicyclic) bond motifs is 1. The van der Waals surface area contributed by atoms with E-state index in [4.69, 9.17) is 9.47 Å². The van der Waals surface area contributed by atoms with Gasteiger partial charge in [0.2, 0.25) is 0 Å². The van der Waals surface area contributed by atoms with Gasteiger partial charge in [-0.1, -0.05) is 26.0 Å². The van der Waals surface area contributed by atoms with Gasteiger partial charge in [0.15, 0.2) is 11.5 Å². The number of carbonyl (C=O) groups is 1. The van der Waals surface area contributed by atoms with E-state index < -0.39 is 23.7 Å². The minimum absolute atomic E-state index is 0.103. The van der Waals surface area contributed by atoms with Gasteiger partial charge in [0.1, 0.15) is 24.8 Å². The van der Waals surface area contributed by atoms with Gasteiger partial charge in [0.25, 0.3) is 0 Å². The van der Waals surface area contributed by atoms with Crippen molar-refractivity contribution in [1.82, 2.24) is 10.6 Å². The van der Waals surface area contributed by atoms with Crippen molar-refractivity contribution in [1.29, 1.82) is 0 Å². The fourth-order valence-corrected chi connectivity index (χ4v) is 3.20. The summed E-state index contributed by atoms with van der Waals surface area (Å²) < 4.78 is 38.2. The van der Waals surface area contributed by atoms with Gasteiger partial charge in [0, 0.05) is 11.6 Å². The smallest absolute Gasteiger partial charge is 0.315 e. The summed E-state index contributed by atoms with van der Waals surface area (Å²) in [4.78, 5) is 12.5. The Morgan fingerprint density at radius 3 is 2.36 bits per heavy atom. The molecule has 0 aromatic heterocycles. The minimum Gasteiger partial charge on any atom is -0.486 e. The van der Waals surface area contributed by atoms with Gasteiger partial charge < -0.3 is 20.1 Å². The molecule has 1 heterocycles. The van der Waals surface area contributed by atoms with Crippen molar-refractivity contribution in [3.8, 4) is 11.5 Å². The van der Waals surface area contributed by atoms with Gasteiger partial charge in [0.05, 0.1) is 12.1 Å². The summed E-state index contributed by atoms with van der Waals surface area (Å²) in [5.74, 6) is 0.0864. The molecule has 0 radical (unpaired) electrons. The molecule has 5 nitrogen and oxygen atoms in total. The third-order valence-corrected chi connectivity index (χ3v) is 4.66. The molecule has 1 aliphatic rings. The summed E-state index contributed by atoms with van der Waals surface area (Å²) in [7, 11) is 0. The molecule has 0 spiro atoms. The van der Waals surface area contributed by atoms with Crippen LogP contribution in [0.5, 0.6) is 11.5 Å². The van der Waals surface area contributed by atoms with Crippen LogP contribution < -0.4 is 20.1 Å². The van der Waals surface area contributed by atoms with Crippen LogP contribution in [0.3, 0.4) is 0 Å². The first-order valence-electron chi connectivity index (χ1n) is 9.26. The van der Waals surface area contributed by atoms with Crippen LogP contribution in [0, 0.1) is 17.6 Å². The van der Waals surface area contributed by atoms with E-state index in [-0.39, 0.29) is 17.5 Å². The van der Waals surface area contributed by atoms with Crippen LogP contribution in [0.1, 0.15) is 44.0 Å². The number of amides is 2. The van der Waals surface area contributed by atoms with Crippen LogP contribution in [0.15, 0.2) is 36.4 Å². The average Bonchev–Trinajstić information content (AvgIpc) is 2.65. The number of rotatable bonds is 5. The Bertz CT molecular complexity index is 858. The van der Waals surface area contributed by atoms with Crippen LogP contribution in [0.2, 0.25) is 0 Å². The molecular weight excluding hydrogens is 366 g/mol. The third kappa shape index (κ3) is 4.52. The molecule has 0 unspecified atom stereocenters. The van der Waals surface area contributed by atoms with Gasteiger partial charge in [-0.25, -0.2) is 13.6 Å². The molecule has 0 bridgehead atoms. The first-order valence-corrected chi connectivity index (χ1v) is 9.26. The molecule has 1 aliphatic heterocycles. The summed E-state index contributed by atoms with van der Waals surface area (Å²) in [6, 6.07) is 7.55. The molecule has 150 valence electrons. The monoisotopic (exact) mass is 390 g/mol. The van der Waals surface area contributed by atoms with Gasteiger partial charge >= 0.3 is 6.03 Å². The van der Waals surface area contributed by atoms with Crippen molar-refractivity contribution >= 4 is 6.03 Å². The normalized spacial score (nSPS) is 15.1. The average molecular weight is 390 g/mol. The second-order valence-corrected chi connectivity index (χ2v) is 7.13. The van der Waals surface area contributed by atoms with Crippen molar-refractivity contribution < 1.29 is 23.0 Å². The van der Waals surface area contributed by atoms with E-state index in [1.807, 2.05) is 32.0 Å². The molecule has 2 atom stereocenters. The first-order chi connectivity index (χ1) is 13.3. The molecule has 2 N–H and O–H groups in total. The maximum Gasteiger partial charge on any atom is 0.315 e. The molecule has 2 aromatic carbocycles. The topological polar surface area (TPSA) is 59.6 Å². The predicted octanol–water partition coefficient (Wildman–Crippen LogP) is 4.49. The number of carbonyl (C=O) groups excluding carboxylic acids is 1. The van der Waals surface area contributed by atoms with Gasteiger partial charge in [-0.15, -0.1) is 0 Å². The van der Waals surface area contributed by atoms with Crippen molar-refractivity contribution in [3.63, 3.8) is 0 Å². The zero-order valence-electron chi connectivity index (χ0n) is 16.1. The van der Waals surface area contributed by atoms with Crippen LogP contribution >= 0.6 is 0 Å². The number of nitrogens with one attached hydrogen (secondary N) is 2. The minimum atomic E-state index is -0.694. The van der Waals surface area contributed by atoms with E-state index in [9.17, 15) is 13.6 Å². The second kappa shape index (κ2) is 8.46. The maximum absolute atomic E-state index is 13.9. The molecule has 0 fully saturated rings. The van der Waals surface area contributed by atoms with E-state index >= 15 is 0 Å². The number of hydrogen-bond acceptors (Lipinski definition) is 3. The lowest BCUT2D eigenvalue weighted by Gasteiger charge is -2.26. The number of hydrogen-bond donors (Lipinski definition) is 2. The Morgan fingerprint density at radius 1 is 0.964 bits per heavy atom. The van der Waals surface area contributed by atoms with Gasteiger partial charge in [-0.3, -0.25) is 0 Å². The molecular formula is C21H24F2N2O3. The summed E-state index contributed by atoms with van der Waals surface area (Å²) in [5.41, 5.74) is 1.10. The van der Waals surface area contributed by atoms with Crippen LogP contribution in [0.25, 0.3) is 0 Å². The second-order valence-electron chi connectivity index (χ2n) is 7.13. The van der Waals surface area contributed by atoms with Crippen LogP contribution in [-0.2, 0) is 0 Å². The first kappa shape index (κ1) is 19.9. The lowest BCUT2D eigenvalue weighted by atomic mass is 9.95. The zero-order chi connectivity index (χ0) is 20.3. The molecule has 0 saturated heterocycles. The van der Waals surface area contributed by atoms with Gasteiger partial charge in [-0.2, -0.15) is 0 Å². The molecule has 7 heteroatoms. The molecule has 2 amide bonds. The molecule has 0 saturated carbocycles. The van der Waals surface area contributed by atoms with Gasteiger partial charge in [-0.05, 0) is 36.6 Å².